The number of fused-ring (bicyclic) bond motifs is 1. The van der Waals surface area contributed by atoms with Crippen molar-refractivity contribution in [1.29, 1.82) is 0 Å². The van der Waals surface area contributed by atoms with Crippen LogP contribution in [0.15, 0.2) is 41.3 Å². The zero-order valence-electron chi connectivity index (χ0n) is 21.4. The number of rotatable bonds is 6. The lowest BCUT2D eigenvalue weighted by Crippen LogP contribution is -2.43. The lowest BCUT2D eigenvalue weighted by Gasteiger charge is -2.39. The predicted molar refractivity (Wildman–Crippen MR) is 144 cm³/mol. The maximum absolute atomic E-state index is 13.0. The van der Waals surface area contributed by atoms with Crippen molar-refractivity contribution >= 4 is 39.8 Å². The monoisotopic (exact) mass is 560 g/mol. The maximum atomic E-state index is 13.0. The Kier molecular flexibility index (Phi) is 7.09. The highest BCUT2D eigenvalue weighted by molar-refractivity contribution is 7.92. The number of ether oxygens (including phenoxy) is 1. The first kappa shape index (κ1) is 27.1. The summed E-state index contributed by atoms with van der Waals surface area (Å²) in [5, 5.41) is 10.7. The van der Waals surface area contributed by atoms with Crippen LogP contribution in [-0.4, -0.2) is 61.7 Å². The number of carbonyl (C=O) groups is 2. The third-order valence-electron chi connectivity index (χ3n) is 8.68. The number of aliphatic hydroxyl groups excluding tert-OH is 1. The van der Waals surface area contributed by atoms with Crippen molar-refractivity contribution in [3.63, 3.8) is 0 Å². The number of esters is 1. The molecule has 0 aromatic heterocycles. The number of anilines is 1. The number of likely N-dealkylation sites (tertiary alicyclic amines) is 1. The van der Waals surface area contributed by atoms with Crippen LogP contribution in [0.2, 0.25) is 0 Å². The first-order valence-corrected chi connectivity index (χ1v) is 14.6. The Labute approximate surface area is 229 Å². The van der Waals surface area contributed by atoms with E-state index < -0.39 is 15.9 Å². The fraction of sp³-hybridized carbons (Fsp3) is 0.500. The number of cyclic esters (lactones) is 1. The van der Waals surface area contributed by atoms with Crippen LogP contribution in [0, 0.1) is 12.3 Å². The van der Waals surface area contributed by atoms with Crippen LogP contribution in [0.4, 0.5) is 5.69 Å². The molecule has 8 nitrogen and oxygen atoms in total. The summed E-state index contributed by atoms with van der Waals surface area (Å²) in [6, 6.07) is 10.4. The molecule has 2 aromatic rings. The number of carbonyl (C=O) groups excluding carboxylic acids is 2. The summed E-state index contributed by atoms with van der Waals surface area (Å²) in [5.41, 5.74) is 3.84. The van der Waals surface area contributed by atoms with Gasteiger partial charge in [-0.1, -0.05) is 6.07 Å². The molecule has 3 fully saturated rings. The van der Waals surface area contributed by atoms with Crippen molar-refractivity contribution in [2.45, 2.75) is 61.9 Å². The second-order valence-electron chi connectivity index (χ2n) is 11.1. The van der Waals surface area contributed by atoms with Gasteiger partial charge in [0.1, 0.15) is 6.61 Å². The van der Waals surface area contributed by atoms with Crippen LogP contribution < -0.4 is 4.90 Å². The number of piperidine rings is 1. The van der Waals surface area contributed by atoms with E-state index in [9.17, 15) is 23.1 Å². The fourth-order valence-electron chi connectivity index (χ4n) is 6.13. The Balaban J connectivity index is 0.00000294. The Bertz CT molecular complexity index is 1360. The van der Waals surface area contributed by atoms with Crippen LogP contribution in [0.25, 0.3) is 0 Å². The number of β-amino-alcohol motifs (C(OH)–C–C–N with tert-alkyl or cyclic N) is 1. The zero-order chi connectivity index (χ0) is 25.9. The van der Waals surface area contributed by atoms with Crippen molar-refractivity contribution in [1.82, 2.24) is 4.90 Å². The van der Waals surface area contributed by atoms with E-state index >= 15 is 0 Å². The molecule has 10 heteroatoms. The van der Waals surface area contributed by atoms with Gasteiger partial charge in [0, 0.05) is 30.8 Å². The minimum Gasteiger partial charge on any atom is -0.457 e. The van der Waals surface area contributed by atoms with Crippen LogP contribution in [0.1, 0.15) is 65.3 Å². The quantitative estimate of drug-likeness (QED) is 0.539. The molecule has 1 atom stereocenters. The van der Waals surface area contributed by atoms with Gasteiger partial charge in [-0.05, 0) is 92.6 Å². The minimum absolute atomic E-state index is 0. The second-order valence-corrected chi connectivity index (χ2v) is 13.3. The summed E-state index contributed by atoms with van der Waals surface area (Å²) in [7, 11) is -3.24. The van der Waals surface area contributed by atoms with Gasteiger partial charge < -0.3 is 19.6 Å². The molecule has 38 heavy (non-hydrogen) atoms. The molecule has 2 saturated heterocycles. The average molecular weight is 561 g/mol. The summed E-state index contributed by atoms with van der Waals surface area (Å²) >= 11 is 0. The summed E-state index contributed by atoms with van der Waals surface area (Å²) in [6.07, 6.45) is 3.01. The number of hydrogen-bond acceptors (Lipinski definition) is 7. The van der Waals surface area contributed by atoms with E-state index in [4.69, 9.17) is 4.74 Å². The Morgan fingerprint density at radius 1 is 1.08 bits per heavy atom. The van der Waals surface area contributed by atoms with Gasteiger partial charge >= 0.3 is 5.97 Å². The molecule has 0 unspecified atom stereocenters. The van der Waals surface area contributed by atoms with Gasteiger partial charge in [0.25, 0.3) is 0 Å². The van der Waals surface area contributed by atoms with Gasteiger partial charge in [-0.2, -0.15) is 0 Å². The van der Waals surface area contributed by atoms with Gasteiger partial charge in [0.05, 0.1) is 21.8 Å². The molecule has 1 N–H and O–H groups in total. The largest absolute Gasteiger partial charge is 0.457 e. The van der Waals surface area contributed by atoms with Crippen molar-refractivity contribution in [2.75, 3.05) is 31.1 Å². The highest BCUT2D eigenvalue weighted by atomic mass is 35.5. The lowest BCUT2D eigenvalue weighted by molar-refractivity contribution is -0.118. The number of aliphatic hydroxyl groups is 1. The second kappa shape index (κ2) is 9.93. The molecule has 3 aliphatic heterocycles. The van der Waals surface area contributed by atoms with E-state index in [2.05, 4.69) is 4.90 Å². The number of benzene rings is 2. The predicted octanol–water partition coefficient (Wildman–Crippen LogP) is 3.58. The van der Waals surface area contributed by atoms with E-state index in [1.165, 1.54) is 0 Å². The number of nitrogens with zero attached hydrogens (tertiary/aromatic N) is 2. The third-order valence-corrected chi connectivity index (χ3v) is 11.0. The van der Waals surface area contributed by atoms with Crippen LogP contribution in [-0.2, 0) is 26.0 Å². The molecule has 2 aromatic carbocycles. The van der Waals surface area contributed by atoms with Crippen molar-refractivity contribution in [3.8, 4) is 0 Å². The highest BCUT2D eigenvalue weighted by Gasteiger charge is 2.45. The molecule has 6 rings (SSSR count). The molecule has 3 heterocycles. The molecule has 1 spiro atoms. The molecule has 0 bridgehead atoms. The average Bonchev–Trinajstić information content (AvgIpc) is 3.61. The first-order valence-electron chi connectivity index (χ1n) is 13.0. The molecule has 204 valence electrons. The molecule has 4 aliphatic rings. The van der Waals surface area contributed by atoms with E-state index in [0.717, 1.165) is 61.2 Å². The normalized spacial score (nSPS) is 21.8. The van der Waals surface area contributed by atoms with Gasteiger partial charge in [0.2, 0.25) is 5.91 Å². The van der Waals surface area contributed by atoms with E-state index in [1.54, 1.807) is 35.2 Å². The molecule has 1 saturated carbocycles. The summed E-state index contributed by atoms with van der Waals surface area (Å²) in [4.78, 5) is 29.2. The van der Waals surface area contributed by atoms with Gasteiger partial charge in [0.15, 0.2) is 9.84 Å². The topological polar surface area (TPSA) is 104 Å². The van der Waals surface area contributed by atoms with E-state index in [1.807, 2.05) is 13.0 Å². The van der Waals surface area contributed by atoms with Crippen molar-refractivity contribution < 1.29 is 27.9 Å². The fourth-order valence-corrected chi connectivity index (χ4v) is 7.79. The minimum atomic E-state index is -3.24. The standard InChI is InChI=1S/C28H32N2O6S.ClH/c1-18-22(8-9-23-24(18)16-36-27(23)33)25(31)15-29-12-10-28(11-13-29)14-26(32)30(17-28)19-2-4-20(5-3-19)37(34,35)21-6-7-21;/h2-5,8-9,21,25,31H,6-7,10-17H2,1H3;1H/t25-;/m0./s1. The van der Waals surface area contributed by atoms with Crippen LogP contribution >= 0.6 is 12.4 Å². The Hall–Kier alpha value is -2.46. The Morgan fingerprint density at radius 3 is 2.42 bits per heavy atom. The molecule has 0 radical (unpaired) electrons. The Morgan fingerprint density at radius 2 is 1.76 bits per heavy atom. The van der Waals surface area contributed by atoms with Crippen molar-refractivity contribution in [3.05, 3.63) is 58.7 Å². The molecule has 1 aliphatic carbocycles. The summed E-state index contributed by atoms with van der Waals surface area (Å²) < 4.78 is 30.1. The number of hydrogen-bond donors (Lipinski definition) is 1. The van der Waals surface area contributed by atoms with Crippen LogP contribution in [0.5, 0.6) is 0 Å². The number of halogens is 1. The van der Waals surface area contributed by atoms with E-state index in [0.29, 0.717) is 30.0 Å². The smallest absolute Gasteiger partial charge is 0.338 e. The first-order chi connectivity index (χ1) is 17.7. The SMILES string of the molecule is Cc1c([C@@H](O)CN2CCC3(CC2)CC(=O)N(c2ccc(S(=O)(=O)C4CC4)cc2)C3)ccc2c1COC2=O.Cl. The van der Waals surface area contributed by atoms with Gasteiger partial charge in [-0.25, -0.2) is 13.2 Å². The highest BCUT2D eigenvalue weighted by Crippen LogP contribution is 2.43. The van der Waals surface area contributed by atoms with Crippen LogP contribution in [0.3, 0.4) is 0 Å². The molecular formula is C28H33ClN2O6S. The summed E-state index contributed by atoms with van der Waals surface area (Å²) in [6.45, 7) is 4.91. The molecular weight excluding hydrogens is 528 g/mol. The number of amides is 1. The summed E-state index contributed by atoms with van der Waals surface area (Å²) in [5.74, 6) is -0.225. The third kappa shape index (κ3) is 4.74. The van der Waals surface area contributed by atoms with Gasteiger partial charge in [-0.3, -0.25) is 4.79 Å². The maximum Gasteiger partial charge on any atom is 0.338 e. The van der Waals surface area contributed by atoms with Gasteiger partial charge in [-0.15, -0.1) is 12.4 Å². The van der Waals surface area contributed by atoms with E-state index in [-0.39, 0.29) is 41.6 Å². The lowest BCUT2D eigenvalue weighted by atomic mass is 9.77. The number of sulfone groups is 1. The van der Waals surface area contributed by atoms with Crippen molar-refractivity contribution in [2.24, 2.45) is 5.41 Å². The zero-order valence-corrected chi connectivity index (χ0v) is 23.0. The molecule has 1 amide bonds.